The molecule has 6 nitrogen and oxygen atoms in total. The molecule has 1 aliphatic rings. The number of thioether (sulfide) groups is 1. The maximum absolute atomic E-state index is 13.5. The smallest absolute Gasteiger partial charge is 0.348 e. The minimum atomic E-state index is -0.314. The molecule has 0 aliphatic carbocycles. The summed E-state index contributed by atoms with van der Waals surface area (Å²) in [5, 5.41) is 5.93. The fourth-order valence-corrected chi connectivity index (χ4v) is 8.48. The number of rotatable bonds is 6. The average molecular weight is 571 g/mol. The zero-order valence-corrected chi connectivity index (χ0v) is 24.6. The van der Waals surface area contributed by atoms with E-state index in [0.29, 0.717) is 23.9 Å². The van der Waals surface area contributed by atoms with Crippen molar-refractivity contribution in [3.63, 3.8) is 0 Å². The molecule has 5 rings (SSSR count). The molecule has 37 heavy (non-hydrogen) atoms. The molecule has 10 heteroatoms. The van der Waals surface area contributed by atoms with Crippen LogP contribution in [0.2, 0.25) is 0 Å². The summed E-state index contributed by atoms with van der Waals surface area (Å²) < 4.78 is 10.6. The van der Waals surface area contributed by atoms with Gasteiger partial charge in [0, 0.05) is 24.1 Å². The molecule has 192 valence electrons. The number of thiazole rings is 2. The number of anilines is 1. The van der Waals surface area contributed by atoms with Crippen LogP contribution in [-0.2, 0) is 17.8 Å². The van der Waals surface area contributed by atoms with E-state index in [1.165, 1.54) is 40.2 Å². The topological polar surface area (TPSA) is 55.4 Å². The maximum atomic E-state index is 13.5. The maximum Gasteiger partial charge on any atom is 0.348 e. The molecule has 0 bridgehead atoms. The van der Waals surface area contributed by atoms with Crippen LogP contribution in [-0.4, -0.2) is 24.7 Å². The summed E-state index contributed by atoms with van der Waals surface area (Å²) in [5.41, 5.74) is 3.40. The summed E-state index contributed by atoms with van der Waals surface area (Å²) in [6.07, 6.45) is 4.09. The van der Waals surface area contributed by atoms with E-state index in [-0.39, 0.29) is 11.5 Å². The number of benzene rings is 1. The Hall–Kier alpha value is -2.66. The standard InChI is InChI=1S/C27H28N3O3S4/c1-6-30-22(14-21-29(10-12-34-21)15-18-9-11-35-23(18)27(32)33-5)37-24(25(30)31)26-28(4)19-8-7-17(16(2)3)13-20(19)36-26/h7-14,16H,6,15H2,1-5H3/q+1/b26-24+. The first-order chi connectivity index (χ1) is 17.8. The number of carbonyl (C=O) groups is 1. The lowest BCUT2D eigenvalue weighted by Gasteiger charge is -2.13. The van der Waals surface area contributed by atoms with Crippen LogP contribution >= 0.6 is 45.8 Å². The third kappa shape index (κ3) is 4.83. The van der Waals surface area contributed by atoms with Gasteiger partial charge in [0.05, 0.1) is 24.3 Å². The molecule has 3 aromatic heterocycles. The Morgan fingerprint density at radius 2 is 2.00 bits per heavy atom. The monoisotopic (exact) mass is 570 g/mol. The van der Waals surface area contributed by atoms with E-state index in [0.717, 1.165) is 30.5 Å². The van der Waals surface area contributed by atoms with Gasteiger partial charge in [-0.3, -0.25) is 9.36 Å². The first-order valence-electron chi connectivity index (χ1n) is 11.9. The van der Waals surface area contributed by atoms with E-state index in [4.69, 9.17) is 4.74 Å². The summed E-state index contributed by atoms with van der Waals surface area (Å²) in [4.78, 5) is 29.6. The normalized spacial score (nSPS) is 15.1. The number of esters is 1. The Labute approximate surface area is 231 Å². The van der Waals surface area contributed by atoms with Crippen LogP contribution in [0, 0.1) is 0 Å². The van der Waals surface area contributed by atoms with Gasteiger partial charge >= 0.3 is 5.97 Å². The number of aromatic nitrogens is 2. The van der Waals surface area contributed by atoms with Crippen molar-refractivity contribution in [2.45, 2.75) is 44.7 Å². The second kappa shape index (κ2) is 10.6. The van der Waals surface area contributed by atoms with Gasteiger partial charge in [0.25, 0.3) is 10.6 Å². The SMILES string of the molecule is CCn1c(=O)/c(=C2\Sc3cc(C(C)C)ccc3N2C)s/c1=C\c1scc[n+]1Cc1ccsc1C(=O)OC. The van der Waals surface area contributed by atoms with Gasteiger partial charge in [0.1, 0.15) is 19.1 Å². The van der Waals surface area contributed by atoms with Crippen molar-refractivity contribution in [1.82, 2.24) is 4.57 Å². The van der Waals surface area contributed by atoms with Gasteiger partial charge < -0.3 is 9.64 Å². The third-order valence-corrected chi connectivity index (χ3v) is 10.6. The van der Waals surface area contributed by atoms with E-state index < -0.39 is 0 Å². The van der Waals surface area contributed by atoms with Crippen molar-refractivity contribution in [3.8, 4) is 0 Å². The number of nitrogens with zero attached hydrogens (tertiary/aromatic N) is 3. The van der Waals surface area contributed by atoms with Crippen molar-refractivity contribution in [3.05, 3.63) is 81.8 Å². The molecule has 0 N–H and O–H groups in total. The number of hydrogen-bond donors (Lipinski definition) is 0. The zero-order chi connectivity index (χ0) is 26.3. The summed E-state index contributed by atoms with van der Waals surface area (Å²) in [6.45, 7) is 7.55. The van der Waals surface area contributed by atoms with Gasteiger partial charge in [-0.1, -0.05) is 43.0 Å². The number of ether oxygens (including phenoxy) is 1. The van der Waals surface area contributed by atoms with Gasteiger partial charge in [-0.25, -0.2) is 4.79 Å². The van der Waals surface area contributed by atoms with Gasteiger partial charge in [-0.15, -0.1) is 22.7 Å². The van der Waals surface area contributed by atoms with Crippen LogP contribution in [0.3, 0.4) is 0 Å². The number of carbonyl (C=O) groups excluding carboxylic acids is 1. The molecule has 0 saturated carbocycles. The molecular formula is C27H28N3O3S4+. The van der Waals surface area contributed by atoms with Crippen molar-refractivity contribution < 1.29 is 14.1 Å². The minimum absolute atomic E-state index is 0.0407. The molecule has 0 spiro atoms. The number of hydrogen-bond acceptors (Lipinski definition) is 8. The van der Waals surface area contributed by atoms with Crippen LogP contribution in [0.5, 0.6) is 0 Å². The largest absolute Gasteiger partial charge is 0.465 e. The number of fused-ring (bicyclic) bond motifs is 1. The molecule has 1 aromatic carbocycles. The number of thiophene rings is 1. The van der Waals surface area contributed by atoms with Gasteiger partial charge in [0.2, 0.25) is 0 Å². The van der Waals surface area contributed by atoms with E-state index in [2.05, 4.69) is 47.6 Å². The molecule has 0 saturated heterocycles. The fraction of sp³-hybridized carbons (Fsp3) is 0.296. The van der Waals surface area contributed by atoms with Gasteiger partial charge in [-0.2, -0.15) is 4.57 Å². The Balaban J connectivity index is 1.56. The highest BCUT2D eigenvalue weighted by Gasteiger charge is 2.26. The summed E-state index contributed by atoms with van der Waals surface area (Å²) in [6, 6.07) is 8.54. The van der Waals surface area contributed by atoms with Crippen LogP contribution < -0.4 is 24.2 Å². The Morgan fingerprint density at radius 1 is 1.19 bits per heavy atom. The molecule has 0 atom stereocenters. The molecule has 0 fully saturated rings. The van der Waals surface area contributed by atoms with Crippen molar-refractivity contribution in [2.75, 3.05) is 19.1 Å². The highest BCUT2D eigenvalue weighted by molar-refractivity contribution is 8.08. The molecular weight excluding hydrogens is 543 g/mol. The van der Waals surface area contributed by atoms with Gasteiger partial charge in [0.15, 0.2) is 12.7 Å². The lowest BCUT2D eigenvalue weighted by atomic mass is 10.0. The second-order valence-corrected chi connectivity index (χ2v) is 12.9. The molecule has 1 aliphatic heterocycles. The van der Waals surface area contributed by atoms with E-state index in [1.54, 1.807) is 23.1 Å². The lowest BCUT2D eigenvalue weighted by molar-refractivity contribution is -0.685. The Bertz CT molecular complexity index is 1660. The van der Waals surface area contributed by atoms with Crippen LogP contribution in [0.15, 0.2) is 50.9 Å². The van der Waals surface area contributed by atoms with Crippen molar-refractivity contribution in [1.29, 1.82) is 0 Å². The van der Waals surface area contributed by atoms with E-state index >= 15 is 0 Å². The molecule has 0 radical (unpaired) electrons. The predicted molar refractivity (Wildman–Crippen MR) is 155 cm³/mol. The highest BCUT2D eigenvalue weighted by atomic mass is 32.2. The van der Waals surface area contributed by atoms with E-state index in [9.17, 15) is 9.59 Å². The minimum Gasteiger partial charge on any atom is -0.465 e. The van der Waals surface area contributed by atoms with Crippen molar-refractivity contribution in [2.24, 2.45) is 0 Å². The first-order valence-corrected chi connectivity index (χ1v) is 15.3. The summed E-state index contributed by atoms with van der Waals surface area (Å²) in [5.74, 6) is 0.140. The van der Waals surface area contributed by atoms with Crippen LogP contribution in [0.4, 0.5) is 5.69 Å². The quantitative estimate of drug-likeness (QED) is 0.254. The highest BCUT2D eigenvalue weighted by Crippen LogP contribution is 2.46. The van der Waals surface area contributed by atoms with Crippen LogP contribution in [0.1, 0.15) is 52.5 Å². The Morgan fingerprint density at radius 3 is 2.73 bits per heavy atom. The first kappa shape index (κ1) is 26.0. The predicted octanol–water partition coefficient (Wildman–Crippen LogP) is 4.44. The summed E-state index contributed by atoms with van der Waals surface area (Å²) >= 11 is 6.21. The zero-order valence-electron chi connectivity index (χ0n) is 21.3. The van der Waals surface area contributed by atoms with E-state index in [1.807, 2.05) is 41.6 Å². The second-order valence-electron chi connectivity index (χ2n) is 8.95. The fourth-order valence-electron chi connectivity index (χ4n) is 4.28. The molecule has 0 amide bonds. The Kier molecular flexibility index (Phi) is 7.44. The third-order valence-electron chi connectivity index (χ3n) is 6.36. The summed E-state index contributed by atoms with van der Waals surface area (Å²) in [7, 11) is 3.44. The van der Waals surface area contributed by atoms with Crippen LogP contribution in [0.25, 0.3) is 11.1 Å². The number of methoxy groups -OCH3 is 1. The molecule has 4 heterocycles. The lowest BCUT2D eigenvalue weighted by Crippen LogP contribution is -2.36. The average Bonchev–Trinajstić information content (AvgIpc) is 3.66. The molecule has 4 aromatic rings. The van der Waals surface area contributed by atoms with Crippen molar-refractivity contribution >= 4 is 68.5 Å². The molecule has 0 unspecified atom stereocenters. The van der Waals surface area contributed by atoms with Gasteiger partial charge in [-0.05, 0) is 42.0 Å².